The van der Waals surface area contributed by atoms with Gasteiger partial charge < -0.3 is 0 Å². The minimum atomic E-state index is 0.446. The maximum Gasteiger partial charge on any atom is 0.0742 e. The molecule has 6 radical (unpaired) electrons. The lowest BCUT2D eigenvalue weighted by molar-refractivity contribution is 4.34. The van der Waals surface area contributed by atoms with Gasteiger partial charge in [-0.3, -0.25) is 0 Å². The lowest BCUT2D eigenvalue weighted by atomic mass is 10.8. The number of hydrogen-bond donors (Lipinski definition) is 0. The molecule has 0 aliphatic rings. The molecule has 4 heavy (non-hydrogen) atoms. The van der Waals surface area contributed by atoms with Gasteiger partial charge in [-0.1, -0.05) is 17.0 Å². The van der Waals surface area contributed by atoms with E-state index in [0.29, 0.717) is 17.0 Å². The predicted molar refractivity (Wildman–Crippen MR) is 23.0 cm³/mol. The van der Waals surface area contributed by atoms with Gasteiger partial charge in [0.15, 0.2) is 0 Å². The maximum atomic E-state index is 4.94. The highest BCUT2D eigenvalue weighted by Gasteiger charge is 1.39. The molecule has 0 saturated heterocycles. The third-order valence-electron chi connectivity index (χ3n) is 0.0833. The van der Waals surface area contributed by atoms with Crippen molar-refractivity contribution in [3.63, 3.8) is 0 Å². The van der Waals surface area contributed by atoms with Gasteiger partial charge in [-0.15, -0.1) is 0 Å². The number of hydrogen-bond acceptors (Lipinski definition) is 0. The molecule has 0 fully saturated rings. The summed E-state index contributed by atoms with van der Waals surface area (Å²) in [5.41, 5.74) is 0. The zero-order valence-corrected chi connectivity index (χ0v) is 4.15. The molecule has 0 nitrogen and oxygen atoms in total. The zero-order chi connectivity index (χ0) is 3.41. The van der Waals surface area contributed by atoms with E-state index < -0.39 is 0 Å². The highest BCUT2D eigenvalue weighted by Crippen LogP contribution is 1.03. The Morgan fingerprint density at radius 3 is 1.25 bits per heavy atom. The van der Waals surface area contributed by atoms with Crippen LogP contribution in [0.2, 0.25) is 0 Å². The fourth-order valence-electron chi connectivity index (χ4n) is 0. The van der Waals surface area contributed by atoms with Crippen LogP contribution in [0.3, 0.4) is 0 Å². The summed E-state index contributed by atoms with van der Waals surface area (Å²) < 4.78 is 0. The van der Waals surface area contributed by atoms with Crippen LogP contribution in [0.15, 0.2) is 0 Å². The molecule has 14 valence electrons. The first-order valence-electron chi connectivity index (χ1n) is 0.827. The minimum Gasteiger partial charge on any atom is -0.0742 e. The molecule has 0 aromatic rings. The number of rotatable bonds is 0. The zero-order valence-electron chi connectivity index (χ0n) is 2.15. The second-order valence-corrected chi connectivity index (χ2v) is 2.60. The molecule has 0 aromatic heterocycles. The van der Waals surface area contributed by atoms with Gasteiger partial charge in [0, 0.05) is 0 Å². The molecular weight excluding hydrogens is 77.8 g/mol. The van der Waals surface area contributed by atoms with Crippen molar-refractivity contribution in [3.05, 3.63) is 0 Å². The van der Waals surface area contributed by atoms with Gasteiger partial charge in [0.05, 0.1) is 14.9 Å². The summed E-state index contributed by atoms with van der Waals surface area (Å²) in [5.74, 6) is 0. The molecule has 0 bridgehead atoms. The third-order valence-corrected chi connectivity index (χ3v) is 0.750. The first kappa shape index (κ1) is 4.56. The lowest BCUT2D eigenvalue weighted by Crippen LogP contribution is -1.79. The molecule has 0 aliphatic carbocycles. The molecular formula is B2Si2. The van der Waals surface area contributed by atoms with Crippen LogP contribution in [0.25, 0.3) is 0 Å². The smallest absolute Gasteiger partial charge is 0.0742 e. The Morgan fingerprint density at radius 2 is 1.25 bits per heavy atom. The lowest BCUT2D eigenvalue weighted by Gasteiger charge is -1.44. The Kier molecular flexibility index (Phi) is 4.07. The van der Waals surface area contributed by atoms with Crippen molar-refractivity contribution in [2.24, 2.45) is 0 Å². The third kappa shape index (κ3) is 2.56. The van der Waals surface area contributed by atoms with Crippen molar-refractivity contribution in [2.75, 3.05) is 0 Å². The van der Waals surface area contributed by atoms with E-state index in [2.05, 4.69) is 0 Å². The Hall–Kier alpha value is 0.564. The summed E-state index contributed by atoms with van der Waals surface area (Å²) in [7, 11) is 10.8. The summed E-state index contributed by atoms with van der Waals surface area (Å²) >= 11 is 0. The van der Waals surface area contributed by atoms with E-state index in [4.69, 9.17) is 14.9 Å². The normalized spacial score (nSPS) is 9.00. The Morgan fingerprint density at radius 1 is 1.00 bits per heavy atom. The summed E-state index contributed by atoms with van der Waals surface area (Å²) in [6, 6.07) is 0. The molecule has 0 N–H and O–H groups in total. The van der Waals surface area contributed by atoms with Crippen LogP contribution in [-0.2, 0) is 0 Å². The van der Waals surface area contributed by atoms with Gasteiger partial charge in [0.2, 0.25) is 0 Å². The van der Waals surface area contributed by atoms with E-state index in [0.717, 1.165) is 0 Å². The molecule has 4 heteroatoms. The molecule has 0 spiro atoms. The van der Waals surface area contributed by atoms with Gasteiger partial charge in [-0.05, 0) is 0 Å². The van der Waals surface area contributed by atoms with Gasteiger partial charge in [-0.25, -0.2) is 0 Å². The van der Waals surface area contributed by atoms with E-state index in [1.165, 1.54) is 0 Å². The minimum absolute atomic E-state index is 0.446. The second kappa shape index (κ2) is 3.56. The Balaban J connectivity index is 2.55. The fraction of sp³-hybridized carbons (Fsp3) is 0. The van der Waals surface area contributed by atoms with Gasteiger partial charge in [0.1, 0.15) is 0 Å². The van der Waals surface area contributed by atoms with Crippen LogP contribution < -0.4 is 0 Å². The Bertz CT molecular complexity index is 19.2. The Labute approximate surface area is 32.6 Å². The maximum absolute atomic E-state index is 4.94. The summed E-state index contributed by atoms with van der Waals surface area (Å²) in [6.45, 7) is 0. The van der Waals surface area contributed by atoms with E-state index in [1.54, 1.807) is 0 Å². The summed E-state index contributed by atoms with van der Waals surface area (Å²) in [4.78, 5) is 0. The summed E-state index contributed by atoms with van der Waals surface area (Å²) in [5, 5.41) is 0. The van der Waals surface area contributed by atoms with Crippen LogP contribution in [0.5, 0.6) is 0 Å². The monoisotopic (exact) mass is 78.0 g/mol. The molecule has 0 atom stereocenters. The SMILES string of the molecule is [B][Si]=[Si][B]. The van der Waals surface area contributed by atoms with Crippen LogP contribution >= 0.6 is 0 Å². The van der Waals surface area contributed by atoms with E-state index in [9.17, 15) is 0 Å². The second-order valence-electron chi connectivity index (χ2n) is 0.289. The van der Waals surface area contributed by atoms with E-state index >= 15 is 0 Å². The first-order chi connectivity index (χ1) is 1.91. The highest BCUT2D eigenvalue weighted by molar-refractivity contribution is 7.17. The van der Waals surface area contributed by atoms with Gasteiger partial charge >= 0.3 is 0 Å². The van der Waals surface area contributed by atoms with Crippen LogP contribution in [0.1, 0.15) is 0 Å². The molecule has 0 aliphatic heterocycles. The van der Waals surface area contributed by atoms with Crippen LogP contribution in [0, 0.1) is 0 Å². The molecule has 0 aromatic carbocycles. The summed E-state index contributed by atoms with van der Waals surface area (Å²) in [6.07, 6.45) is 0. The van der Waals surface area contributed by atoms with Crippen molar-refractivity contribution in [3.8, 4) is 0 Å². The predicted octanol–water partition coefficient (Wildman–Crippen LogP) is -1.52. The quantitative estimate of drug-likeness (QED) is 0.308. The van der Waals surface area contributed by atoms with Crippen molar-refractivity contribution in [1.29, 1.82) is 0 Å². The molecule has 0 rings (SSSR count). The fourth-order valence-corrected chi connectivity index (χ4v) is 0. The van der Waals surface area contributed by atoms with Crippen LogP contribution in [0.4, 0.5) is 0 Å². The van der Waals surface area contributed by atoms with Gasteiger partial charge in [-0.2, -0.15) is 0 Å². The van der Waals surface area contributed by atoms with Crippen LogP contribution in [-0.4, -0.2) is 31.8 Å². The van der Waals surface area contributed by atoms with E-state index in [1.807, 2.05) is 0 Å². The highest BCUT2D eigenvalue weighted by atomic mass is 28.8. The van der Waals surface area contributed by atoms with E-state index in [-0.39, 0.29) is 0 Å². The molecule has 0 unspecified atom stereocenters. The first-order valence-corrected chi connectivity index (χ1v) is 3.98. The molecule has 0 saturated carbocycles. The van der Waals surface area contributed by atoms with Crippen molar-refractivity contribution < 1.29 is 0 Å². The molecule has 0 heterocycles. The average molecular weight is 77.8 g/mol. The van der Waals surface area contributed by atoms with Crippen molar-refractivity contribution >= 4 is 31.8 Å². The molecule has 0 amide bonds. The largest absolute Gasteiger partial charge is 0.0742 e. The van der Waals surface area contributed by atoms with Crippen molar-refractivity contribution in [1.82, 2.24) is 0 Å². The van der Waals surface area contributed by atoms with Crippen molar-refractivity contribution in [2.45, 2.75) is 0 Å². The standard InChI is InChI=1S/B2Si2/c1-3-4-2. The average Bonchev–Trinajstić information content (AvgIpc) is 1.37. The topological polar surface area (TPSA) is 0 Å². The van der Waals surface area contributed by atoms with Gasteiger partial charge in [0.25, 0.3) is 0 Å².